The van der Waals surface area contributed by atoms with Crippen LogP contribution in [0.25, 0.3) is 22.2 Å². The maximum Gasteiger partial charge on any atom is 0.278 e. The number of nitrogens with one attached hydrogen (secondary N) is 1. The fraction of sp³-hybridized carbons (Fsp3) is 0.481. The van der Waals surface area contributed by atoms with Crippen LogP contribution in [0.2, 0.25) is 0 Å². The molecule has 4 unspecified atom stereocenters. The summed E-state index contributed by atoms with van der Waals surface area (Å²) >= 11 is 0. The van der Waals surface area contributed by atoms with E-state index in [-0.39, 0.29) is 23.8 Å². The molecule has 1 aliphatic carbocycles. The summed E-state index contributed by atoms with van der Waals surface area (Å²) in [6.45, 7) is 2.91. The minimum atomic E-state index is -0.603. The van der Waals surface area contributed by atoms with Crippen molar-refractivity contribution < 1.29 is 13.6 Å². The van der Waals surface area contributed by atoms with Crippen LogP contribution in [0.1, 0.15) is 68.7 Å². The maximum absolute atomic E-state index is 13.7. The Balaban J connectivity index is 1.27. The number of carbonyl (C=O) groups is 1. The van der Waals surface area contributed by atoms with Crippen LogP contribution in [0.5, 0.6) is 0 Å². The Bertz CT molecular complexity index is 1380. The van der Waals surface area contributed by atoms with Crippen LogP contribution in [-0.4, -0.2) is 48.6 Å². The van der Waals surface area contributed by atoms with Crippen LogP contribution in [0.15, 0.2) is 40.9 Å². The van der Waals surface area contributed by atoms with Crippen molar-refractivity contribution in [2.45, 2.75) is 63.3 Å². The lowest BCUT2D eigenvalue weighted by atomic mass is 9.70. The minimum absolute atomic E-state index is 0.000368. The van der Waals surface area contributed by atoms with Crippen LogP contribution < -0.4 is 0 Å². The molecule has 9 heteroatoms. The second kappa shape index (κ2) is 9.19. The first-order valence-corrected chi connectivity index (χ1v) is 12.9. The number of rotatable bonds is 5. The first kappa shape index (κ1) is 22.9. The van der Waals surface area contributed by atoms with Gasteiger partial charge in [-0.1, -0.05) is 25.5 Å². The monoisotopic (exact) mass is 490 g/mol. The Labute approximate surface area is 208 Å². The van der Waals surface area contributed by atoms with Crippen LogP contribution in [0.3, 0.4) is 0 Å². The van der Waals surface area contributed by atoms with Gasteiger partial charge in [-0.05, 0) is 65.6 Å². The van der Waals surface area contributed by atoms with Crippen LogP contribution in [0.4, 0.5) is 4.39 Å². The molecule has 1 saturated heterocycles. The number of H-pyrrole nitrogens is 1. The van der Waals surface area contributed by atoms with E-state index in [1.54, 1.807) is 6.07 Å². The van der Waals surface area contributed by atoms with E-state index >= 15 is 0 Å². The number of hydrogen-bond donors (Lipinski definition) is 1. The largest absolute Gasteiger partial charge is 0.431 e. The van der Waals surface area contributed by atoms with Crippen LogP contribution >= 0.6 is 0 Å². The molecule has 2 aliphatic rings. The average molecular weight is 491 g/mol. The number of halogens is 1. The molecule has 4 atom stereocenters. The summed E-state index contributed by atoms with van der Waals surface area (Å²) < 4.78 is 21.1. The maximum atomic E-state index is 13.7. The summed E-state index contributed by atoms with van der Waals surface area (Å²) in [4.78, 5) is 15.9. The third-order valence-corrected chi connectivity index (χ3v) is 8.29. The highest BCUT2D eigenvalue weighted by atomic mass is 19.1. The Hall–Kier alpha value is -3.49. The molecule has 1 saturated carbocycles. The molecule has 1 aliphatic heterocycles. The van der Waals surface area contributed by atoms with Crippen LogP contribution in [0, 0.1) is 11.9 Å². The number of tetrazole rings is 1. The van der Waals surface area contributed by atoms with E-state index in [9.17, 15) is 9.18 Å². The zero-order valence-corrected chi connectivity index (χ0v) is 20.7. The third-order valence-electron chi connectivity index (χ3n) is 8.29. The highest BCUT2D eigenvalue weighted by Gasteiger charge is 2.42. The number of nitrogens with zero attached hydrogens (tertiary/aromatic N) is 5. The number of fused-ring (bicyclic) bond motifs is 2. The number of benzene rings is 1. The van der Waals surface area contributed by atoms with Gasteiger partial charge in [-0.25, -0.2) is 5.10 Å². The number of carbonyl (C=O) groups excluding carboxylic acids is 1. The van der Waals surface area contributed by atoms with Crippen molar-refractivity contribution in [1.29, 1.82) is 0 Å². The average Bonchev–Trinajstić information content (AvgIpc) is 3.64. The Morgan fingerprint density at radius 3 is 2.89 bits per heavy atom. The molecular formula is C27H31FN6O2. The SMILES string of the molecule is CC(CC(=O)N1CCCC2C(c3nnn[nH]3)CCCC21)c1cn(C)c2cccc(-c3ccc(F)o3)c12. The van der Waals surface area contributed by atoms with E-state index in [1.165, 1.54) is 6.07 Å². The summed E-state index contributed by atoms with van der Waals surface area (Å²) in [5.41, 5.74) is 2.96. The van der Waals surface area contributed by atoms with Gasteiger partial charge in [-0.3, -0.25) is 4.79 Å². The topological polar surface area (TPSA) is 92.8 Å². The molecule has 0 spiro atoms. The van der Waals surface area contributed by atoms with Gasteiger partial charge >= 0.3 is 0 Å². The molecule has 1 N–H and O–H groups in total. The van der Waals surface area contributed by atoms with Crippen molar-refractivity contribution in [3.05, 3.63) is 53.9 Å². The number of hydrogen-bond acceptors (Lipinski definition) is 5. The Kier molecular flexibility index (Phi) is 5.85. The molecule has 36 heavy (non-hydrogen) atoms. The lowest BCUT2D eigenvalue weighted by molar-refractivity contribution is -0.138. The van der Waals surface area contributed by atoms with Crippen molar-refractivity contribution in [3.8, 4) is 11.3 Å². The first-order valence-electron chi connectivity index (χ1n) is 12.9. The molecule has 2 fully saturated rings. The number of furan rings is 1. The van der Waals surface area contributed by atoms with Crippen molar-refractivity contribution in [2.75, 3.05) is 6.54 Å². The van der Waals surface area contributed by atoms with Gasteiger partial charge in [-0.2, -0.15) is 4.39 Å². The number of aromatic nitrogens is 5. The molecule has 4 heterocycles. The molecule has 0 radical (unpaired) electrons. The lowest BCUT2D eigenvalue weighted by Gasteiger charge is -2.47. The molecule has 8 nitrogen and oxygen atoms in total. The highest BCUT2D eigenvalue weighted by molar-refractivity contribution is 5.97. The highest BCUT2D eigenvalue weighted by Crippen LogP contribution is 2.44. The van der Waals surface area contributed by atoms with Crippen molar-refractivity contribution in [1.82, 2.24) is 30.1 Å². The van der Waals surface area contributed by atoms with Gasteiger partial charge in [0.05, 0.1) is 0 Å². The van der Waals surface area contributed by atoms with Gasteiger partial charge in [0.2, 0.25) is 5.91 Å². The summed E-state index contributed by atoms with van der Waals surface area (Å²) in [5, 5.41) is 15.8. The number of likely N-dealkylation sites (tertiary alicyclic amines) is 1. The van der Waals surface area contributed by atoms with Gasteiger partial charge in [0.1, 0.15) is 5.76 Å². The smallest absolute Gasteiger partial charge is 0.278 e. The molecule has 1 aromatic carbocycles. The molecule has 3 aromatic heterocycles. The van der Waals surface area contributed by atoms with Gasteiger partial charge in [0.25, 0.3) is 6.01 Å². The van der Waals surface area contributed by atoms with E-state index < -0.39 is 6.01 Å². The van der Waals surface area contributed by atoms with Gasteiger partial charge in [0, 0.05) is 60.7 Å². The Morgan fingerprint density at radius 1 is 1.22 bits per heavy atom. The zero-order valence-electron chi connectivity index (χ0n) is 20.7. The van der Waals surface area contributed by atoms with E-state index in [1.807, 2.05) is 25.2 Å². The predicted molar refractivity (Wildman–Crippen MR) is 133 cm³/mol. The summed E-state index contributed by atoms with van der Waals surface area (Å²) in [5.74, 6) is 2.22. The quantitative estimate of drug-likeness (QED) is 0.417. The van der Waals surface area contributed by atoms with E-state index in [0.717, 1.165) is 66.5 Å². The number of amides is 1. The fourth-order valence-corrected chi connectivity index (χ4v) is 6.67. The third kappa shape index (κ3) is 3.90. The minimum Gasteiger partial charge on any atom is -0.431 e. The molecule has 188 valence electrons. The number of aryl methyl sites for hydroxylation is 1. The standard InChI is InChI=1S/C27H31FN6O2/c1-16(20-15-33(2)22-10-4-7-19(26(20)22)23-11-12-24(28)36-23)14-25(35)34-13-5-8-17-18(6-3-9-21(17)34)27-29-31-32-30-27/h4,7,10-12,15-18,21H,3,5-6,8-9,13-14H2,1-2H3,(H,29,30,31,32). The second-order valence-electron chi connectivity index (χ2n) is 10.4. The molecule has 4 aromatic rings. The molecule has 1 amide bonds. The van der Waals surface area contributed by atoms with Crippen molar-refractivity contribution >= 4 is 16.8 Å². The van der Waals surface area contributed by atoms with Gasteiger partial charge in [-0.15, -0.1) is 5.10 Å². The van der Waals surface area contributed by atoms with E-state index in [0.29, 0.717) is 18.1 Å². The number of aromatic amines is 1. The van der Waals surface area contributed by atoms with E-state index in [4.69, 9.17) is 4.42 Å². The summed E-state index contributed by atoms with van der Waals surface area (Å²) in [7, 11) is 2.00. The predicted octanol–water partition coefficient (Wildman–Crippen LogP) is 5.16. The zero-order chi connectivity index (χ0) is 24.8. The van der Waals surface area contributed by atoms with Gasteiger partial charge in [0.15, 0.2) is 5.82 Å². The summed E-state index contributed by atoms with van der Waals surface area (Å²) in [6.07, 6.45) is 7.78. The van der Waals surface area contributed by atoms with Crippen molar-refractivity contribution in [2.24, 2.45) is 13.0 Å². The van der Waals surface area contributed by atoms with E-state index in [2.05, 4.69) is 43.2 Å². The first-order chi connectivity index (χ1) is 17.5. The molecule has 6 rings (SSSR count). The lowest BCUT2D eigenvalue weighted by Crippen LogP contribution is -2.51. The second-order valence-corrected chi connectivity index (χ2v) is 10.4. The van der Waals surface area contributed by atoms with Gasteiger partial charge < -0.3 is 13.9 Å². The fourth-order valence-electron chi connectivity index (χ4n) is 6.67. The Morgan fingerprint density at radius 2 is 2.11 bits per heavy atom. The molecule has 0 bridgehead atoms. The normalized spacial score (nSPS) is 23.1. The summed E-state index contributed by atoms with van der Waals surface area (Å²) in [6, 6.07) is 8.58. The number of piperidine rings is 1. The molecular weight excluding hydrogens is 459 g/mol. The van der Waals surface area contributed by atoms with Crippen molar-refractivity contribution in [3.63, 3.8) is 0 Å². The van der Waals surface area contributed by atoms with Crippen LogP contribution in [-0.2, 0) is 11.8 Å².